The van der Waals surface area contributed by atoms with Gasteiger partial charge in [0.15, 0.2) is 18.1 Å². The van der Waals surface area contributed by atoms with Crippen LogP contribution < -0.4 is 20.1 Å². The number of H-pyrrole nitrogens is 1. The molecular weight excluding hydrogens is 342 g/mol. The minimum Gasteiger partial charge on any atom is -0.493 e. The van der Waals surface area contributed by atoms with Crippen LogP contribution in [-0.2, 0) is 17.9 Å². The molecule has 0 spiro atoms. The number of hydrogen-bond acceptors (Lipinski definition) is 4. The van der Waals surface area contributed by atoms with Gasteiger partial charge in [-0.2, -0.15) is 0 Å². The van der Waals surface area contributed by atoms with Gasteiger partial charge in [0.2, 0.25) is 0 Å². The number of carbonyl (C=O) groups excluding carboxylic acids is 1. The molecule has 0 aliphatic rings. The van der Waals surface area contributed by atoms with Gasteiger partial charge in [-0.15, -0.1) is 0 Å². The summed E-state index contributed by atoms with van der Waals surface area (Å²) in [6.45, 7) is 3.90. The lowest BCUT2D eigenvalue weighted by Crippen LogP contribution is -2.28. The highest BCUT2D eigenvalue weighted by Crippen LogP contribution is 2.28. The molecule has 3 N–H and O–H groups in total. The number of carbonyl (C=O) groups is 1. The number of likely N-dealkylation sites (N-methyl/N-ethyl adjacent to an activating group) is 1. The zero-order valence-corrected chi connectivity index (χ0v) is 15.7. The van der Waals surface area contributed by atoms with E-state index in [0.717, 1.165) is 17.6 Å². The predicted octanol–water partition coefficient (Wildman–Crippen LogP) is 2.98. The topological polar surface area (TPSA) is 75.4 Å². The van der Waals surface area contributed by atoms with E-state index in [2.05, 4.69) is 39.9 Å². The molecule has 0 unspecified atom stereocenters. The first-order chi connectivity index (χ1) is 13.2. The number of fused-ring (bicyclic) bond motifs is 1. The Balaban J connectivity index is 1.58. The van der Waals surface area contributed by atoms with E-state index in [9.17, 15) is 4.79 Å². The van der Waals surface area contributed by atoms with Crippen molar-refractivity contribution in [3.05, 3.63) is 59.8 Å². The summed E-state index contributed by atoms with van der Waals surface area (Å²) in [5.74, 6) is 1.03. The number of methoxy groups -OCH3 is 1. The van der Waals surface area contributed by atoms with Gasteiger partial charge >= 0.3 is 0 Å². The summed E-state index contributed by atoms with van der Waals surface area (Å²) in [5, 5.41) is 7.40. The van der Waals surface area contributed by atoms with Crippen LogP contribution in [0.4, 0.5) is 0 Å². The number of aromatic nitrogens is 1. The van der Waals surface area contributed by atoms with Gasteiger partial charge in [0.25, 0.3) is 5.91 Å². The molecule has 0 bridgehead atoms. The number of nitrogens with one attached hydrogen (secondary N) is 3. The molecule has 0 saturated carbocycles. The lowest BCUT2D eigenvalue weighted by Gasteiger charge is -2.13. The molecule has 3 aromatic rings. The zero-order chi connectivity index (χ0) is 19.1. The molecule has 1 amide bonds. The smallest absolute Gasteiger partial charge is 0.257 e. The maximum absolute atomic E-state index is 11.5. The molecule has 0 saturated heterocycles. The Hall–Kier alpha value is -2.99. The van der Waals surface area contributed by atoms with Crippen molar-refractivity contribution in [3.8, 4) is 11.5 Å². The van der Waals surface area contributed by atoms with Crippen LogP contribution in [-0.4, -0.2) is 31.2 Å². The number of aromatic amines is 1. The van der Waals surface area contributed by atoms with E-state index in [-0.39, 0.29) is 12.5 Å². The fourth-order valence-corrected chi connectivity index (χ4v) is 2.98. The molecule has 3 rings (SSSR count). The van der Waals surface area contributed by atoms with Crippen LogP contribution in [0.3, 0.4) is 0 Å². The molecule has 0 aliphatic carbocycles. The Morgan fingerprint density at radius 2 is 2.00 bits per heavy atom. The molecule has 1 heterocycles. The first kappa shape index (κ1) is 18.8. The molecule has 1 aromatic heterocycles. The normalized spacial score (nSPS) is 10.7. The molecule has 142 valence electrons. The van der Waals surface area contributed by atoms with Gasteiger partial charge in [-0.25, -0.2) is 0 Å². The molecule has 0 fully saturated rings. The van der Waals surface area contributed by atoms with Gasteiger partial charge in [-0.1, -0.05) is 18.2 Å². The average Bonchev–Trinajstić information content (AvgIpc) is 3.16. The fraction of sp³-hybridized carbons (Fsp3) is 0.286. The second kappa shape index (κ2) is 9.09. The number of rotatable bonds is 9. The third kappa shape index (κ3) is 4.80. The fourth-order valence-electron chi connectivity index (χ4n) is 2.98. The minimum absolute atomic E-state index is 0.0253. The number of amides is 1. The first-order valence-corrected chi connectivity index (χ1v) is 9.03. The molecule has 27 heavy (non-hydrogen) atoms. The van der Waals surface area contributed by atoms with Crippen LogP contribution in [0.2, 0.25) is 0 Å². The van der Waals surface area contributed by atoms with Gasteiger partial charge in [-0.05, 0) is 42.3 Å². The Morgan fingerprint density at radius 3 is 2.81 bits per heavy atom. The van der Waals surface area contributed by atoms with E-state index >= 15 is 0 Å². The summed E-state index contributed by atoms with van der Waals surface area (Å²) in [6, 6.07) is 14.1. The van der Waals surface area contributed by atoms with E-state index in [1.807, 2.05) is 31.3 Å². The third-order valence-electron chi connectivity index (χ3n) is 4.29. The first-order valence-electron chi connectivity index (χ1n) is 9.03. The van der Waals surface area contributed by atoms with Crippen LogP contribution in [0.15, 0.2) is 48.7 Å². The van der Waals surface area contributed by atoms with E-state index in [0.29, 0.717) is 24.6 Å². The van der Waals surface area contributed by atoms with Crippen molar-refractivity contribution in [3.63, 3.8) is 0 Å². The maximum atomic E-state index is 11.5. The van der Waals surface area contributed by atoms with Crippen molar-refractivity contribution in [1.29, 1.82) is 0 Å². The van der Waals surface area contributed by atoms with Crippen LogP contribution >= 0.6 is 0 Å². The van der Waals surface area contributed by atoms with Crippen LogP contribution in [0.1, 0.15) is 18.1 Å². The Kier molecular flexibility index (Phi) is 6.33. The van der Waals surface area contributed by atoms with Crippen molar-refractivity contribution in [2.75, 3.05) is 20.3 Å². The predicted molar refractivity (Wildman–Crippen MR) is 106 cm³/mol. The zero-order valence-electron chi connectivity index (χ0n) is 15.7. The van der Waals surface area contributed by atoms with E-state index in [4.69, 9.17) is 9.47 Å². The highest BCUT2D eigenvalue weighted by atomic mass is 16.5. The van der Waals surface area contributed by atoms with Gasteiger partial charge < -0.3 is 25.1 Å². The van der Waals surface area contributed by atoms with Crippen LogP contribution in [0.5, 0.6) is 11.5 Å². The monoisotopic (exact) mass is 367 g/mol. The molecule has 0 atom stereocenters. The van der Waals surface area contributed by atoms with E-state index in [1.54, 1.807) is 7.11 Å². The van der Waals surface area contributed by atoms with Gasteiger partial charge in [0, 0.05) is 36.7 Å². The second-order valence-electron chi connectivity index (χ2n) is 6.19. The molecule has 0 aliphatic heterocycles. The lowest BCUT2D eigenvalue weighted by molar-refractivity contribution is -0.123. The molecule has 0 radical (unpaired) electrons. The number of hydrogen-bond donors (Lipinski definition) is 3. The average molecular weight is 367 g/mol. The highest BCUT2D eigenvalue weighted by Gasteiger charge is 2.08. The highest BCUT2D eigenvalue weighted by molar-refractivity contribution is 5.82. The summed E-state index contributed by atoms with van der Waals surface area (Å²) < 4.78 is 11.0. The Morgan fingerprint density at radius 1 is 1.11 bits per heavy atom. The largest absolute Gasteiger partial charge is 0.493 e. The molecular formula is C21H25N3O3. The van der Waals surface area contributed by atoms with Gasteiger partial charge in [0.05, 0.1) is 7.11 Å². The maximum Gasteiger partial charge on any atom is 0.257 e. The molecule has 2 aromatic carbocycles. The number of benzene rings is 2. The quantitative estimate of drug-likeness (QED) is 0.543. The Labute approximate surface area is 158 Å². The number of ether oxygens (including phenoxy) is 2. The second-order valence-corrected chi connectivity index (χ2v) is 6.19. The van der Waals surface area contributed by atoms with Crippen molar-refractivity contribution in [1.82, 2.24) is 15.6 Å². The standard InChI is InChI=1S/C21H25N3O3/c1-3-23-21(25)14-27-19-8-7-15(11-20(19)26-2)12-22-13-16-5-4-6-18-17(16)9-10-24-18/h4-11,22,24H,3,12-14H2,1-2H3,(H,23,25). The summed E-state index contributed by atoms with van der Waals surface area (Å²) in [7, 11) is 1.60. The summed E-state index contributed by atoms with van der Waals surface area (Å²) >= 11 is 0. The van der Waals surface area contributed by atoms with Crippen molar-refractivity contribution in [2.45, 2.75) is 20.0 Å². The van der Waals surface area contributed by atoms with Crippen molar-refractivity contribution in [2.24, 2.45) is 0 Å². The van der Waals surface area contributed by atoms with Gasteiger partial charge in [-0.3, -0.25) is 4.79 Å². The van der Waals surface area contributed by atoms with E-state index < -0.39 is 0 Å². The third-order valence-corrected chi connectivity index (χ3v) is 4.29. The van der Waals surface area contributed by atoms with Gasteiger partial charge in [0.1, 0.15) is 0 Å². The molecule has 6 heteroatoms. The van der Waals surface area contributed by atoms with E-state index in [1.165, 1.54) is 10.9 Å². The Bertz CT molecular complexity index is 905. The van der Waals surface area contributed by atoms with Crippen molar-refractivity contribution >= 4 is 16.8 Å². The molecule has 6 nitrogen and oxygen atoms in total. The van der Waals surface area contributed by atoms with Crippen molar-refractivity contribution < 1.29 is 14.3 Å². The summed E-state index contributed by atoms with van der Waals surface area (Å²) in [4.78, 5) is 14.8. The van der Waals surface area contributed by atoms with Crippen LogP contribution in [0, 0.1) is 0 Å². The SMILES string of the molecule is CCNC(=O)COc1ccc(CNCc2cccc3[nH]ccc23)cc1OC. The summed E-state index contributed by atoms with van der Waals surface area (Å²) in [5.41, 5.74) is 3.48. The lowest BCUT2D eigenvalue weighted by atomic mass is 10.1. The summed E-state index contributed by atoms with van der Waals surface area (Å²) in [6.07, 6.45) is 1.96. The minimum atomic E-state index is -0.149. The van der Waals surface area contributed by atoms with Crippen LogP contribution in [0.25, 0.3) is 10.9 Å².